The zero-order chi connectivity index (χ0) is 21.3. The molecule has 0 unspecified atom stereocenters. The van der Waals surface area contributed by atoms with Crippen molar-refractivity contribution in [1.29, 1.82) is 0 Å². The number of rotatable bonds is 5. The monoisotopic (exact) mass is 415 g/mol. The number of benzene rings is 2. The van der Waals surface area contributed by atoms with Gasteiger partial charge in [-0.1, -0.05) is 18.2 Å². The van der Waals surface area contributed by atoms with Crippen molar-refractivity contribution < 1.29 is 39.7 Å². The van der Waals surface area contributed by atoms with Crippen LogP contribution in [0, 0.1) is 0 Å². The van der Waals surface area contributed by atoms with Gasteiger partial charge in [0, 0.05) is 11.6 Å². The Morgan fingerprint density at radius 2 is 1.73 bits per heavy atom. The van der Waals surface area contributed by atoms with Gasteiger partial charge in [0.25, 0.3) is 0 Å². The van der Waals surface area contributed by atoms with E-state index in [-0.39, 0.29) is 5.75 Å². The van der Waals surface area contributed by atoms with Crippen molar-refractivity contribution in [2.45, 2.75) is 30.4 Å². The molecule has 5 N–H and O–H groups in total. The topological polar surface area (TPSA) is 142 Å². The van der Waals surface area contributed by atoms with E-state index < -0.39 is 37.0 Å². The number of aliphatic hydroxyl groups excluding tert-OH is 4. The van der Waals surface area contributed by atoms with Gasteiger partial charge in [-0.2, -0.15) is 0 Å². The fourth-order valence-corrected chi connectivity index (χ4v) is 3.24. The zero-order valence-corrected chi connectivity index (χ0v) is 15.7. The molecule has 3 aromatic rings. The number of para-hydroxylation sites is 1. The van der Waals surface area contributed by atoms with E-state index in [1.807, 2.05) is 18.2 Å². The van der Waals surface area contributed by atoms with Gasteiger partial charge in [-0.15, -0.1) is 0 Å². The Hall–Kier alpha value is -2.79. The largest absolute Gasteiger partial charge is 0.457 e. The molecule has 0 saturated carbocycles. The van der Waals surface area contributed by atoms with E-state index in [0.29, 0.717) is 22.4 Å². The summed E-state index contributed by atoms with van der Waals surface area (Å²) < 4.78 is 16.5. The van der Waals surface area contributed by atoms with Crippen LogP contribution in [-0.4, -0.2) is 67.5 Å². The van der Waals surface area contributed by atoms with Gasteiger partial charge in [0.2, 0.25) is 0 Å². The number of nitrogens with zero attached hydrogens (tertiary/aromatic N) is 1. The first-order valence-electron chi connectivity index (χ1n) is 9.27. The van der Waals surface area contributed by atoms with Crippen molar-refractivity contribution in [3.05, 3.63) is 60.8 Å². The molecule has 2 heterocycles. The predicted molar refractivity (Wildman–Crippen MR) is 104 cm³/mol. The first-order valence-corrected chi connectivity index (χ1v) is 9.27. The first kappa shape index (κ1) is 20.5. The SMILES string of the molecule is OC[C@H]1O[C@](O)(Oc2ccnc3ccc(Oc4ccccc4)cc23)[C@H](O)[C@@H](O)[C@@H]1O. The lowest BCUT2D eigenvalue weighted by atomic mass is 9.98. The van der Waals surface area contributed by atoms with E-state index in [0.717, 1.165) is 0 Å². The Kier molecular flexibility index (Phi) is 5.56. The van der Waals surface area contributed by atoms with Gasteiger partial charge in [0.1, 0.15) is 35.6 Å². The molecule has 0 bridgehead atoms. The van der Waals surface area contributed by atoms with Crippen LogP contribution in [0.3, 0.4) is 0 Å². The minimum absolute atomic E-state index is 0.0836. The standard InChI is InChI=1S/C21H21NO8/c23-11-17-18(24)19(25)20(26)21(27,30-17)29-16-8-9-22-15-7-6-13(10-14(15)16)28-12-4-2-1-3-5-12/h1-10,17-20,23-27H,11H2/t17-,18-,19+,20-,21-/m1/s1. The van der Waals surface area contributed by atoms with Gasteiger partial charge >= 0.3 is 5.97 Å². The summed E-state index contributed by atoms with van der Waals surface area (Å²) in [6.45, 7) is -0.706. The maximum absolute atomic E-state index is 10.7. The molecule has 0 amide bonds. The number of fused-ring (bicyclic) bond motifs is 1. The van der Waals surface area contributed by atoms with Gasteiger partial charge in [-0.25, -0.2) is 0 Å². The number of ether oxygens (including phenoxy) is 3. The molecule has 0 radical (unpaired) electrons. The molecule has 30 heavy (non-hydrogen) atoms. The molecule has 1 saturated heterocycles. The van der Waals surface area contributed by atoms with E-state index in [1.165, 1.54) is 12.3 Å². The van der Waals surface area contributed by atoms with E-state index >= 15 is 0 Å². The lowest BCUT2D eigenvalue weighted by Gasteiger charge is -2.44. The molecule has 5 atom stereocenters. The van der Waals surface area contributed by atoms with Crippen molar-refractivity contribution in [3.8, 4) is 17.2 Å². The Balaban J connectivity index is 1.67. The predicted octanol–water partition coefficient (Wildman–Crippen LogP) is 0.526. The van der Waals surface area contributed by atoms with Gasteiger partial charge in [0.05, 0.1) is 12.1 Å². The van der Waals surface area contributed by atoms with Crippen molar-refractivity contribution in [2.75, 3.05) is 6.61 Å². The minimum Gasteiger partial charge on any atom is -0.457 e. The summed E-state index contributed by atoms with van der Waals surface area (Å²) in [6.07, 6.45) is -5.33. The van der Waals surface area contributed by atoms with Gasteiger partial charge in [0.15, 0.2) is 6.10 Å². The van der Waals surface area contributed by atoms with Crippen LogP contribution < -0.4 is 9.47 Å². The van der Waals surface area contributed by atoms with Crippen LogP contribution in [-0.2, 0) is 4.74 Å². The Morgan fingerprint density at radius 3 is 2.47 bits per heavy atom. The molecule has 0 spiro atoms. The highest BCUT2D eigenvalue weighted by molar-refractivity contribution is 5.86. The lowest BCUT2D eigenvalue weighted by molar-refractivity contribution is -0.422. The number of aliphatic hydroxyl groups is 5. The summed E-state index contributed by atoms with van der Waals surface area (Å²) in [5.74, 6) is -1.53. The molecule has 1 aliphatic heterocycles. The highest BCUT2D eigenvalue weighted by Crippen LogP contribution is 2.35. The van der Waals surface area contributed by atoms with Crippen LogP contribution in [0.2, 0.25) is 0 Å². The fourth-order valence-electron chi connectivity index (χ4n) is 3.24. The molecular weight excluding hydrogens is 394 g/mol. The molecule has 9 heteroatoms. The molecule has 1 fully saturated rings. The molecule has 2 aromatic carbocycles. The second-order valence-electron chi connectivity index (χ2n) is 6.90. The van der Waals surface area contributed by atoms with Crippen LogP contribution in [0.4, 0.5) is 0 Å². The van der Waals surface area contributed by atoms with E-state index in [1.54, 1.807) is 30.3 Å². The van der Waals surface area contributed by atoms with E-state index in [4.69, 9.17) is 14.2 Å². The van der Waals surface area contributed by atoms with Crippen molar-refractivity contribution in [2.24, 2.45) is 0 Å². The maximum Gasteiger partial charge on any atom is 0.355 e. The number of hydrogen-bond acceptors (Lipinski definition) is 9. The molecule has 1 aromatic heterocycles. The van der Waals surface area contributed by atoms with Gasteiger partial charge < -0.3 is 39.7 Å². The van der Waals surface area contributed by atoms with Crippen molar-refractivity contribution >= 4 is 10.9 Å². The van der Waals surface area contributed by atoms with Crippen LogP contribution in [0.15, 0.2) is 60.8 Å². The summed E-state index contributed by atoms with van der Waals surface area (Å²) in [7, 11) is 0. The van der Waals surface area contributed by atoms with Crippen molar-refractivity contribution in [1.82, 2.24) is 4.98 Å². The summed E-state index contributed by atoms with van der Waals surface area (Å²) in [5.41, 5.74) is 0.515. The zero-order valence-electron chi connectivity index (χ0n) is 15.7. The Morgan fingerprint density at radius 1 is 0.967 bits per heavy atom. The average Bonchev–Trinajstić information content (AvgIpc) is 2.76. The normalized spacial score (nSPS) is 29.0. The minimum atomic E-state index is -2.71. The Labute approximate surface area is 171 Å². The van der Waals surface area contributed by atoms with Crippen LogP contribution in [0.5, 0.6) is 17.2 Å². The number of hydrogen-bond donors (Lipinski definition) is 5. The van der Waals surface area contributed by atoms with Crippen LogP contribution in [0.1, 0.15) is 0 Å². The average molecular weight is 415 g/mol. The molecular formula is C21H21NO8. The summed E-state index contributed by atoms with van der Waals surface area (Å²) in [5, 5.41) is 50.6. The molecule has 4 rings (SSSR count). The quantitative estimate of drug-likeness (QED) is 0.377. The molecule has 0 aliphatic carbocycles. The summed E-state index contributed by atoms with van der Waals surface area (Å²) >= 11 is 0. The first-order chi connectivity index (χ1) is 14.4. The van der Waals surface area contributed by atoms with Crippen LogP contribution >= 0.6 is 0 Å². The molecule has 158 valence electrons. The fraction of sp³-hybridized carbons (Fsp3) is 0.286. The van der Waals surface area contributed by atoms with E-state index in [2.05, 4.69) is 4.98 Å². The lowest BCUT2D eigenvalue weighted by Crippen LogP contribution is -2.67. The Bertz CT molecular complexity index is 1010. The van der Waals surface area contributed by atoms with Crippen molar-refractivity contribution in [3.63, 3.8) is 0 Å². The van der Waals surface area contributed by atoms with E-state index in [9.17, 15) is 25.5 Å². The third kappa shape index (κ3) is 3.82. The molecule has 9 nitrogen and oxygen atoms in total. The second-order valence-corrected chi connectivity index (χ2v) is 6.90. The smallest absolute Gasteiger partial charge is 0.355 e. The second kappa shape index (κ2) is 8.15. The number of pyridine rings is 1. The van der Waals surface area contributed by atoms with Gasteiger partial charge in [-0.05, 0) is 36.4 Å². The summed E-state index contributed by atoms with van der Waals surface area (Å²) in [6, 6.07) is 15.6. The third-order valence-electron chi connectivity index (χ3n) is 4.84. The third-order valence-corrected chi connectivity index (χ3v) is 4.84. The van der Waals surface area contributed by atoms with Crippen LogP contribution in [0.25, 0.3) is 10.9 Å². The maximum atomic E-state index is 10.7. The highest BCUT2D eigenvalue weighted by atomic mass is 16.8. The molecule has 1 aliphatic rings. The van der Waals surface area contributed by atoms with Gasteiger partial charge in [-0.3, -0.25) is 4.98 Å². The highest BCUT2D eigenvalue weighted by Gasteiger charge is 2.55. The summed E-state index contributed by atoms with van der Waals surface area (Å²) in [4.78, 5) is 4.23. The number of aromatic nitrogens is 1.